The Morgan fingerprint density at radius 1 is 0.753 bits per heavy atom. The summed E-state index contributed by atoms with van der Waals surface area (Å²) in [4.78, 5) is 53.4. The number of aliphatic imine (C=N–C) groups is 1. The van der Waals surface area contributed by atoms with Gasteiger partial charge in [-0.25, -0.2) is 27.6 Å². The van der Waals surface area contributed by atoms with Gasteiger partial charge in [-0.3, -0.25) is 9.69 Å². The fourth-order valence-corrected chi connectivity index (χ4v) is 7.03. The zero-order valence-electron chi connectivity index (χ0n) is 39.1. The second-order valence-corrected chi connectivity index (χ2v) is 19.9. The number of aliphatic hydroxyl groups is 1. The van der Waals surface area contributed by atoms with Crippen molar-refractivity contribution in [2.75, 3.05) is 131 Å². The van der Waals surface area contributed by atoms with E-state index in [4.69, 9.17) is 109 Å². The van der Waals surface area contributed by atoms with Gasteiger partial charge >= 0.3 is 26.2 Å². The van der Waals surface area contributed by atoms with Gasteiger partial charge in [0.2, 0.25) is 6.08 Å². The number of aliphatic hydroxyl groups excluding tert-OH is 1. The molecule has 5 aliphatic rings. The molecule has 0 unspecified atom stereocenters. The van der Waals surface area contributed by atoms with Gasteiger partial charge < -0.3 is 63.4 Å². The maximum Gasteiger partial charge on any atom is 0.515 e. The van der Waals surface area contributed by atoms with E-state index in [0.717, 1.165) is 26.1 Å². The van der Waals surface area contributed by atoms with Crippen molar-refractivity contribution < 1.29 is 75.4 Å². The minimum absolute atomic E-state index is 0.113. The summed E-state index contributed by atoms with van der Waals surface area (Å²) in [7, 11) is 0. The van der Waals surface area contributed by atoms with Crippen molar-refractivity contribution in [1.29, 1.82) is 0 Å². The van der Waals surface area contributed by atoms with E-state index in [1.807, 2.05) is 21.6 Å². The monoisotopic (exact) mass is 1150 g/mol. The van der Waals surface area contributed by atoms with E-state index in [-0.39, 0.29) is 48.4 Å². The van der Waals surface area contributed by atoms with Crippen molar-refractivity contribution in [3.63, 3.8) is 0 Å². The van der Waals surface area contributed by atoms with Crippen LogP contribution < -0.4 is 25.3 Å². The van der Waals surface area contributed by atoms with Crippen molar-refractivity contribution in [2.24, 2.45) is 4.99 Å². The third-order valence-electron chi connectivity index (χ3n) is 10.1. The Morgan fingerprint density at radius 2 is 1.22 bits per heavy atom. The van der Waals surface area contributed by atoms with Gasteiger partial charge in [-0.2, -0.15) is 4.99 Å². The number of alkyl halides is 6. The lowest BCUT2D eigenvalue weighted by Crippen LogP contribution is -2.36. The highest BCUT2D eigenvalue weighted by Crippen LogP contribution is 2.33. The molecule has 1 amide bonds. The number of carbonyl (C=O) groups is 3. The van der Waals surface area contributed by atoms with Gasteiger partial charge in [0.05, 0.1) is 87.8 Å². The standard InChI is InChI=1S/C14H17FN2O4.C11H11FN2O2.C10H13FN2O.C7H12O3.C3Cl6O3/c15-12-7-10(17-8-11(9-18)21-14(17)19)1-2-13(12)16-3-5-20-6-4-16;12-10-7-9(13-8-15)1-2-11(10)14-3-5-16-6-4-14;11-9-7-8(12)1-2-10(9)13-3-5-14-6-4-13;1-2-3-7(8)10-5-6-4-9-6;4-2(5,6)11-1(10)12-3(7,8)9/h1-2,7,11,18H,3-6,8-9H2;1-2,7H,3-6H2;1-2,7H,3-6,12H2;6H,2-5H2,1H3;/t11-;;;6-;/m1..0./s1. The van der Waals surface area contributed by atoms with Crippen LogP contribution in [-0.2, 0) is 47.5 Å². The number of benzene rings is 3. The fourth-order valence-electron chi connectivity index (χ4n) is 6.65. The number of isocyanates is 1. The van der Waals surface area contributed by atoms with Crippen LogP contribution in [-0.4, -0.2) is 155 Å². The van der Waals surface area contributed by atoms with Crippen LogP contribution in [0.2, 0.25) is 0 Å². The molecule has 5 aliphatic heterocycles. The number of anilines is 5. The molecule has 0 bridgehead atoms. The highest BCUT2D eigenvalue weighted by atomic mass is 35.6. The summed E-state index contributed by atoms with van der Waals surface area (Å²) >= 11 is 30.2. The van der Waals surface area contributed by atoms with Gasteiger partial charge in [-0.05, 0) is 125 Å². The largest absolute Gasteiger partial charge is 0.515 e. The summed E-state index contributed by atoms with van der Waals surface area (Å²) in [6.45, 7) is 10.9. The maximum atomic E-state index is 14.3. The van der Waals surface area contributed by atoms with Gasteiger partial charge in [-0.15, -0.1) is 0 Å². The van der Waals surface area contributed by atoms with Gasteiger partial charge in [-0.1, -0.05) is 6.92 Å². The summed E-state index contributed by atoms with van der Waals surface area (Å²) < 4.78 is 75.2. The molecule has 0 aromatic heterocycles. The number of halogens is 9. The van der Waals surface area contributed by atoms with Crippen molar-refractivity contribution in [1.82, 2.24) is 0 Å². The third kappa shape index (κ3) is 22.9. The van der Waals surface area contributed by atoms with E-state index in [0.29, 0.717) is 107 Å². The highest BCUT2D eigenvalue weighted by Gasteiger charge is 2.34. The number of epoxide rings is 1. The number of nitrogen functional groups attached to an aromatic ring is 1. The Balaban J connectivity index is 0.000000203. The molecule has 73 heavy (non-hydrogen) atoms. The van der Waals surface area contributed by atoms with Crippen LogP contribution in [0.5, 0.6) is 0 Å². The summed E-state index contributed by atoms with van der Waals surface area (Å²) in [5.74, 6) is -1.13. The Labute approximate surface area is 448 Å². The fraction of sp³-hybridized carbons (Fsp3) is 0.511. The van der Waals surface area contributed by atoms with E-state index < -0.39 is 26.3 Å². The van der Waals surface area contributed by atoms with Crippen molar-refractivity contribution in [3.8, 4) is 0 Å². The lowest BCUT2D eigenvalue weighted by molar-refractivity contribution is -0.144. The number of nitrogens with zero attached hydrogens (tertiary/aromatic N) is 5. The average molecular weight is 1160 g/mol. The minimum Gasteiger partial charge on any atom is -0.463 e. The molecule has 3 aromatic rings. The van der Waals surface area contributed by atoms with Crippen molar-refractivity contribution in [2.45, 2.75) is 39.9 Å². The van der Waals surface area contributed by atoms with Gasteiger partial charge in [0, 0.05) is 57.4 Å². The predicted octanol–water partition coefficient (Wildman–Crippen LogP) is 8.38. The Kier molecular flexibility index (Phi) is 25.8. The molecule has 2 atom stereocenters. The molecule has 0 saturated carbocycles. The zero-order chi connectivity index (χ0) is 53.6. The summed E-state index contributed by atoms with van der Waals surface area (Å²) in [5, 5.41) is 9.02. The maximum absolute atomic E-state index is 14.3. The Bertz CT molecular complexity index is 2260. The minimum atomic E-state index is -2.24. The predicted molar refractivity (Wildman–Crippen MR) is 269 cm³/mol. The van der Waals surface area contributed by atoms with Crippen LogP contribution in [0, 0.1) is 17.5 Å². The Morgan fingerprint density at radius 3 is 1.62 bits per heavy atom. The smallest absolute Gasteiger partial charge is 0.463 e. The van der Waals surface area contributed by atoms with E-state index in [2.05, 4.69) is 14.5 Å². The molecule has 8 rings (SSSR count). The van der Waals surface area contributed by atoms with Crippen LogP contribution in [0.15, 0.2) is 59.6 Å². The number of cyclic esters (lactones) is 1. The Hall–Kier alpha value is -4.42. The molecule has 3 aromatic carbocycles. The van der Waals surface area contributed by atoms with E-state index in [1.54, 1.807) is 36.4 Å². The highest BCUT2D eigenvalue weighted by molar-refractivity contribution is 6.67. The number of ether oxygens (including phenoxy) is 8. The van der Waals surface area contributed by atoms with Crippen LogP contribution in [0.1, 0.15) is 19.8 Å². The molecule has 0 radical (unpaired) electrons. The number of morpholine rings is 3. The second kappa shape index (κ2) is 30.8. The van der Waals surface area contributed by atoms with Gasteiger partial charge in [0.15, 0.2) is 0 Å². The molecule has 404 valence electrons. The molecule has 28 heteroatoms. The SMILES string of the molecule is CCCC(=O)OC[C@@H]1CO1.Nc1ccc(N2CCOCC2)c(F)c1.O=C(OC(Cl)(Cl)Cl)OC(Cl)(Cl)Cl.O=C1O[C@@H](CO)CN1c1ccc(N2CCOCC2)c(F)c1.O=C=Nc1ccc(N2CCOCC2)c(F)c1. The quantitative estimate of drug-likeness (QED) is 0.0371. The van der Waals surface area contributed by atoms with Crippen molar-refractivity contribution >= 4 is 128 Å². The first-order valence-electron chi connectivity index (χ1n) is 22.3. The van der Waals surface area contributed by atoms with Crippen molar-refractivity contribution in [3.05, 3.63) is 72.0 Å². The zero-order valence-corrected chi connectivity index (χ0v) is 43.7. The second-order valence-electron chi connectivity index (χ2n) is 15.5. The first-order chi connectivity index (χ1) is 34.7. The van der Waals surface area contributed by atoms with E-state index in [1.165, 1.54) is 29.2 Å². The number of carbonyl (C=O) groups excluding carboxylic acids is 4. The number of hydrogen-bond donors (Lipinski definition) is 2. The van der Waals surface area contributed by atoms with Crippen LogP contribution in [0.4, 0.5) is 56.9 Å². The third-order valence-corrected chi connectivity index (χ3v) is 10.6. The number of amides is 1. The molecule has 5 heterocycles. The van der Waals surface area contributed by atoms with E-state index >= 15 is 0 Å². The molecule has 0 aliphatic carbocycles. The van der Waals surface area contributed by atoms with Crippen LogP contribution >= 0.6 is 69.6 Å². The summed E-state index contributed by atoms with van der Waals surface area (Å²) in [6, 6.07) is 13.9. The molecular weight excluding hydrogens is 1100 g/mol. The lowest BCUT2D eigenvalue weighted by atomic mass is 10.2. The van der Waals surface area contributed by atoms with Gasteiger partial charge in [0.1, 0.15) is 36.3 Å². The molecule has 0 spiro atoms. The lowest BCUT2D eigenvalue weighted by Gasteiger charge is -2.29. The van der Waals surface area contributed by atoms with Gasteiger partial charge in [0.25, 0.3) is 0 Å². The number of esters is 1. The molecule has 19 nitrogen and oxygen atoms in total. The number of rotatable bonds is 10. The normalized spacial score (nSPS) is 18.3. The topological polar surface area (TPSA) is 217 Å². The molecule has 5 fully saturated rings. The molecular formula is C45H53Cl6F3N6O13. The molecule has 3 N–H and O–H groups in total. The first-order valence-corrected chi connectivity index (χ1v) is 24.6. The van der Waals surface area contributed by atoms with E-state index in [9.17, 15) is 32.3 Å². The number of hydrogen-bond acceptors (Lipinski definition) is 18. The summed E-state index contributed by atoms with van der Waals surface area (Å²) in [5.41, 5.74) is 8.29. The van der Waals surface area contributed by atoms with Crippen LogP contribution in [0.25, 0.3) is 0 Å². The average Bonchev–Trinajstić information content (AvgIpc) is 4.10. The summed E-state index contributed by atoms with van der Waals surface area (Å²) in [6.07, 6.45) is 0.426. The molecule has 5 saturated heterocycles. The number of nitrogens with two attached hydrogens (primary N) is 1. The van der Waals surface area contributed by atoms with Crippen LogP contribution in [0.3, 0.4) is 0 Å². The first kappa shape index (κ1) is 61.1.